The predicted molar refractivity (Wildman–Crippen MR) is 72.4 cm³/mol. The molecule has 3 N–H and O–H groups in total. The van der Waals surface area contributed by atoms with Crippen LogP contribution in [0.2, 0.25) is 0 Å². The Labute approximate surface area is 107 Å². The summed E-state index contributed by atoms with van der Waals surface area (Å²) in [5, 5.41) is 3.40. The van der Waals surface area contributed by atoms with E-state index in [4.69, 9.17) is 5.73 Å². The Morgan fingerprint density at radius 1 is 1.28 bits per heavy atom. The van der Waals surface area contributed by atoms with Gasteiger partial charge in [-0.15, -0.1) is 0 Å². The van der Waals surface area contributed by atoms with Crippen LogP contribution >= 0.6 is 0 Å². The molecule has 0 unspecified atom stereocenters. The molecule has 0 bridgehead atoms. The van der Waals surface area contributed by atoms with E-state index in [1.54, 1.807) is 0 Å². The van der Waals surface area contributed by atoms with Gasteiger partial charge in [0.05, 0.1) is 5.69 Å². The second-order valence-electron chi connectivity index (χ2n) is 5.14. The summed E-state index contributed by atoms with van der Waals surface area (Å²) in [5.41, 5.74) is 9.03. The summed E-state index contributed by atoms with van der Waals surface area (Å²) in [5.74, 6) is 0.783. The fourth-order valence-corrected chi connectivity index (χ4v) is 2.69. The highest BCUT2D eigenvalue weighted by Crippen LogP contribution is 2.18. The molecule has 0 aliphatic carbocycles. The Morgan fingerprint density at radius 3 is 2.89 bits per heavy atom. The first-order chi connectivity index (χ1) is 8.85. The van der Waals surface area contributed by atoms with Gasteiger partial charge in [0.2, 0.25) is 0 Å². The Morgan fingerprint density at radius 2 is 2.11 bits per heavy atom. The summed E-state index contributed by atoms with van der Waals surface area (Å²) in [4.78, 5) is 4.68. The van der Waals surface area contributed by atoms with Gasteiger partial charge in [-0.3, -0.25) is 0 Å². The van der Waals surface area contributed by atoms with Gasteiger partial charge in [0.15, 0.2) is 0 Å². The first-order valence-electron chi connectivity index (χ1n) is 6.72. The maximum absolute atomic E-state index is 5.66. The average Bonchev–Trinajstić information content (AvgIpc) is 2.80. The second-order valence-corrected chi connectivity index (χ2v) is 5.14. The molecular weight excluding hydrogens is 224 g/mol. The number of aromatic nitrogens is 2. The van der Waals surface area contributed by atoms with Crippen molar-refractivity contribution in [2.24, 2.45) is 11.7 Å². The Hall–Kier alpha value is -1.39. The Kier molecular flexibility index (Phi) is 3.30. The number of nitrogens with zero attached hydrogens (tertiary/aromatic N) is 2. The van der Waals surface area contributed by atoms with Gasteiger partial charge >= 0.3 is 0 Å². The molecule has 3 rings (SSSR count). The van der Waals surface area contributed by atoms with Crippen LogP contribution in [0.1, 0.15) is 24.1 Å². The van der Waals surface area contributed by atoms with Crippen molar-refractivity contribution in [3.8, 4) is 0 Å². The van der Waals surface area contributed by atoms with Crippen LogP contribution in [0.3, 0.4) is 0 Å². The molecule has 1 saturated heterocycles. The Bertz CT molecular complexity index is 526. The van der Waals surface area contributed by atoms with Gasteiger partial charge in [-0.05, 0) is 49.9 Å². The minimum atomic E-state index is 0.581. The fourth-order valence-electron chi connectivity index (χ4n) is 2.69. The molecule has 0 atom stereocenters. The molecule has 0 aromatic carbocycles. The number of nitrogens with one attached hydrogen (secondary N) is 1. The van der Waals surface area contributed by atoms with Gasteiger partial charge in [0.25, 0.3) is 0 Å². The molecule has 1 aliphatic heterocycles. The third-order valence-corrected chi connectivity index (χ3v) is 3.75. The minimum absolute atomic E-state index is 0.581. The number of fused-ring (bicyclic) bond motifs is 1. The molecule has 18 heavy (non-hydrogen) atoms. The summed E-state index contributed by atoms with van der Waals surface area (Å²) in [6, 6.07) is 4.10. The second kappa shape index (κ2) is 5.08. The number of pyridine rings is 1. The summed E-state index contributed by atoms with van der Waals surface area (Å²) < 4.78 is 2.10. The highest BCUT2D eigenvalue weighted by Gasteiger charge is 2.15. The van der Waals surface area contributed by atoms with Crippen LogP contribution < -0.4 is 11.1 Å². The summed E-state index contributed by atoms with van der Waals surface area (Å²) in [6.07, 6.45) is 7.86. The number of imidazole rings is 1. The van der Waals surface area contributed by atoms with Crippen LogP contribution in [0.25, 0.3) is 5.65 Å². The predicted octanol–water partition coefficient (Wildman–Crippen LogP) is 1.34. The third-order valence-electron chi connectivity index (χ3n) is 3.75. The molecule has 0 radical (unpaired) electrons. The first kappa shape index (κ1) is 11.7. The van der Waals surface area contributed by atoms with Crippen LogP contribution in [0.4, 0.5) is 0 Å². The lowest BCUT2D eigenvalue weighted by Gasteiger charge is -2.21. The monoisotopic (exact) mass is 244 g/mol. The lowest BCUT2D eigenvalue weighted by atomic mass is 9.93. The third kappa shape index (κ3) is 2.40. The summed E-state index contributed by atoms with van der Waals surface area (Å²) in [7, 11) is 0. The van der Waals surface area contributed by atoms with Crippen molar-refractivity contribution in [1.82, 2.24) is 14.7 Å². The number of hydrogen-bond donors (Lipinski definition) is 2. The van der Waals surface area contributed by atoms with Crippen LogP contribution in [0.5, 0.6) is 0 Å². The highest BCUT2D eigenvalue weighted by atomic mass is 15.0. The van der Waals surface area contributed by atoms with E-state index in [1.165, 1.54) is 18.5 Å². The topological polar surface area (TPSA) is 55.3 Å². The van der Waals surface area contributed by atoms with E-state index in [-0.39, 0.29) is 0 Å². The van der Waals surface area contributed by atoms with E-state index in [0.29, 0.717) is 6.54 Å². The number of nitrogens with two attached hydrogens (primary N) is 1. The van der Waals surface area contributed by atoms with Crippen LogP contribution in [-0.2, 0) is 13.0 Å². The molecule has 4 nitrogen and oxygen atoms in total. The maximum Gasteiger partial charge on any atom is 0.136 e. The van der Waals surface area contributed by atoms with E-state index in [1.807, 2.05) is 6.07 Å². The molecule has 96 valence electrons. The molecule has 4 heteroatoms. The molecule has 0 saturated carbocycles. The van der Waals surface area contributed by atoms with Gasteiger partial charge in [-0.2, -0.15) is 0 Å². The molecular formula is C14H20N4. The zero-order chi connectivity index (χ0) is 12.4. The molecule has 2 aromatic rings. The van der Waals surface area contributed by atoms with Crippen LogP contribution in [0.15, 0.2) is 24.5 Å². The first-order valence-corrected chi connectivity index (χ1v) is 6.72. The van der Waals surface area contributed by atoms with Gasteiger partial charge in [-0.1, -0.05) is 6.07 Å². The Balaban J connectivity index is 1.79. The smallest absolute Gasteiger partial charge is 0.136 e. The molecule has 1 aliphatic rings. The van der Waals surface area contributed by atoms with Crippen molar-refractivity contribution in [2.45, 2.75) is 25.8 Å². The van der Waals surface area contributed by atoms with Crippen LogP contribution in [0, 0.1) is 5.92 Å². The van der Waals surface area contributed by atoms with Gasteiger partial charge in [-0.25, -0.2) is 4.98 Å². The number of piperidine rings is 1. The average molecular weight is 244 g/mol. The SMILES string of the molecule is NCc1ccc2nc(CC3CCNCC3)cn2c1. The lowest BCUT2D eigenvalue weighted by molar-refractivity contribution is 0.370. The fraction of sp³-hybridized carbons (Fsp3) is 0.500. The largest absolute Gasteiger partial charge is 0.326 e. The van der Waals surface area contributed by atoms with Gasteiger partial charge in [0, 0.05) is 18.9 Å². The van der Waals surface area contributed by atoms with Crippen molar-refractivity contribution in [3.05, 3.63) is 35.8 Å². The highest BCUT2D eigenvalue weighted by molar-refractivity contribution is 5.41. The van der Waals surface area contributed by atoms with Crippen molar-refractivity contribution in [3.63, 3.8) is 0 Å². The minimum Gasteiger partial charge on any atom is -0.326 e. The van der Waals surface area contributed by atoms with Crippen molar-refractivity contribution >= 4 is 5.65 Å². The standard InChI is InChI=1S/C14H20N4/c15-8-12-1-2-14-17-13(10-18(14)9-12)7-11-3-5-16-6-4-11/h1-2,9-11,16H,3-8,15H2. The number of rotatable bonds is 3. The van der Waals surface area contributed by atoms with E-state index in [9.17, 15) is 0 Å². The van der Waals surface area contributed by atoms with Crippen molar-refractivity contribution in [1.29, 1.82) is 0 Å². The maximum atomic E-state index is 5.66. The summed E-state index contributed by atoms with van der Waals surface area (Å²) >= 11 is 0. The van der Waals surface area contributed by atoms with E-state index >= 15 is 0 Å². The van der Waals surface area contributed by atoms with E-state index < -0.39 is 0 Å². The van der Waals surface area contributed by atoms with Crippen LogP contribution in [-0.4, -0.2) is 22.5 Å². The zero-order valence-electron chi connectivity index (χ0n) is 10.6. The lowest BCUT2D eigenvalue weighted by Crippen LogP contribution is -2.28. The van der Waals surface area contributed by atoms with E-state index in [2.05, 4.69) is 33.2 Å². The summed E-state index contributed by atoms with van der Waals surface area (Å²) in [6.45, 7) is 2.88. The molecule has 0 spiro atoms. The zero-order valence-corrected chi connectivity index (χ0v) is 10.6. The normalized spacial score (nSPS) is 17.4. The van der Waals surface area contributed by atoms with Gasteiger partial charge in [0.1, 0.15) is 5.65 Å². The molecule has 1 fully saturated rings. The molecule has 3 heterocycles. The van der Waals surface area contributed by atoms with Gasteiger partial charge < -0.3 is 15.5 Å². The van der Waals surface area contributed by atoms with Crippen molar-refractivity contribution in [2.75, 3.05) is 13.1 Å². The quantitative estimate of drug-likeness (QED) is 0.856. The molecule has 0 amide bonds. The van der Waals surface area contributed by atoms with E-state index in [0.717, 1.165) is 36.6 Å². The molecule has 2 aromatic heterocycles. The number of hydrogen-bond acceptors (Lipinski definition) is 3. The van der Waals surface area contributed by atoms with Crippen molar-refractivity contribution < 1.29 is 0 Å².